The molecule has 1 fully saturated rings. The molecule has 2 rings (SSSR count). The minimum Gasteiger partial charge on any atom is -0.481 e. The van der Waals surface area contributed by atoms with Crippen LogP contribution in [0.3, 0.4) is 0 Å². The fourth-order valence-corrected chi connectivity index (χ4v) is 3.10. The summed E-state index contributed by atoms with van der Waals surface area (Å²) in [5.74, 6) is -1.76. The smallest absolute Gasteiger partial charge is 0.305 e. The monoisotopic (exact) mass is 350 g/mol. The normalized spacial score (nSPS) is 16.0. The number of hydrogen-bond donors (Lipinski definition) is 2. The molecular weight excluding hydrogens is 336 g/mol. The van der Waals surface area contributed by atoms with Crippen LogP contribution in [0.4, 0.5) is 0 Å². The Morgan fingerprint density at radius 3 is 2.65 bits per heavy atom. The van der Waals surface area contributed by atoms with Crippen molar-refractivity contribution < 1.29 is 19.5 Å². The third kappa shape index (κ3) is 4.90. The molecule has 120 valence electrons. The summed E-state index contributed by atoms with van der Waals surface area (Å²) < 4.78 is 0.311. The summed E-state index contributed by atoms with van der Waals surface area (Å²) in [5.41, 5.74) is 0.874. The molecule has 2 amide bonds. The molecule has 2 N–H and O–H groups in total. The van der Waals surface area contributed by atoms with Crippen molar-refractivity contribution in [2.75, 3.05) is 13.1 Å². The second-order valence-corrected chi connectivity index (χ2v) is 6.35. The molecule has 0 saturated carbocycles. The molecule has 0 unspecified atom stereocenters. The van der Waals surface area contributed by atoms with Gasteiger partial charge in [0.05, 0.1) is 11.3 Å². The van der Waals surface area contributed by atoms with E-state index < -0.39 is 11.9 Å². The standard InChI is InChI=1S/C15H14N2O4S2/c18-12(16-7-6-13(19)20)9-17-14(21)11(23-15(17)22)8-10-4-2-1-3-5-10/h1-5,8H,6-7,9H2,(H,16,18)(H,19,20)/b11-8-. The van der Waals surface area contributed by atoms with Gasteiger partial charge >= 0.3 is 5.97 Å². The van der Waals surface area contributed by atoms with Crippen molar-refractivity contribution in [1.82, 2.24) is 10.2 Å². The molecule has 1 aromatic rings. The number of nitrogens with zero attached hydrogens (tertiary/aromatic N) is 1. The number of amides is 2. The van der Waals surface area contributed by atoms with Gasteiger partial charge in [-0.05, 0) is 11.6 Å². The maximum Gasteiger partial charge on any atom is 0.305 e. The van der Waals surface area contributed by atoms with Crippen LogP contribution in [0.25, 0.3) is 6.08 Å². The van der Waals surface area contributed by atoms with Gasteiger partial charge in [-0.25, -0.2) is 0 Å². The number of thioether (sulfide) groups is 1. The fourth-order valence-electron chi connectivity index (χ4n) is 1.85. The van der Waals surface area contributed by atoms with E-state index >= 15 is 0 Å². The van der Waals surface area contributed by atoms with Crippen LogP contribution in [0.1, 0.15) is 12.0 Å². The van der Waals surface area contributed by atoms with E-state index in [1.807, 2.05) is 30.3 Å². The molecule has 0 aliphatic carbocycles. The Bertz CT molecular complexity index is 673. The summed E-state index contributed by atoms with van der Waals surface area (Å²) in [4.78, 5) is 36.1. The average Bonchev–Trinajstić information content (AvgIpc) is 2.75. The van der Waals surface area contributed by atoms with Gasteiger partial charge in [-0.3, -0.25) is 19.3 Å². The van der Waals surface area contributed by atoms with Crippen molar-refractivity contribution in [1.29, 1.82) is 0 Å². The van der Waals surface area contributed by atoms with Crippen molar-refractivity contribution in [3.05, 3.63) is 40.8 Å². The van der Waals surface area contributed by atoms with Crippen LogP contribution >= 0.6 is 24.0 Å². The number of rotatable bonds is 6. The Morgan fingerprint density at radius 2 is 2.00 bits per heavy atom. The highest BCUT2D eigenvalue weighted by atomic mass is 32.2. The predicted octanol–water partition coefficient (Wildman–Crippen LogP) is 1.48. The van der Waals surface area contributed by atoms with E-state index in [1.54, 1.807) is 6.08 Å². The van der Waals surface area contributed by atoms with Crippen LogP contribution in [0.2, 0.25) is 0 Å². The number of benzene rings is 1. The zero-order valence-electron chi connectivity index (χ0n) is 12.0. The first-order chi connectivity index (χ1) is 11.0. The molecule has 1 saturated heterocycles. The van der Waals surface area contributed by atoms with Crippen molar-refractivity contribution in [2.45, 2.75) is 6.42 Å². The first-order valence-electron chi connectivity index (χ1n) is 6.76. The van der Waals surface area contributed by atoms with Crippen LogP contribution in [0.15, 0.2) is 35.2 Å². The predicted molar refractivity (Wildman–Crippen MR) is 91.6 cm³/mol. The Morgan fingerprint density at radius 1 is 1.30 bits per heavy atom. The molecule has 0 bridgehead atoms. The van der Waals surface area contributed by atoms with Crippen molar-refractivity contribution in [3.63, 3.8) is 0 Å². The number of carbonyl (C=O) groups excluding carboxylic acids is 2. The summed E-state index contributed by atoms with van der Waals surface area (Å²) in [6.07, 6.45) is 1.56. The van der Waals surface area contributed by atoms with Gasteiger partial charge in [-0.1, -0.05) is 54.3 Å². The van der Waals surface area contributed by atoms with E-state index in [1.165, 1.54) is 4.90 Å². The van der Waals surface area contributed by atoms with Gasteiger partial charge < -0.3 is 10.4 Å². The number of carboxylic acid groups (broad SMARTS) is 1. The Kier molecular flexibility index (Phi) is 5.89. The molecular formula is C15H14N2O4S2. The first kappa shape index (κ1) is 17.2. The van der Waals surface area contributed by atoms with Gasteiger partial charge in [0.1, 0.15) is 10.9 Å². The number of nitrogens with one attached hydrogen (secondary N) is 1. The minimum atomic E-state index is -0.998. The quantitative estimate of drug-likeness (QED) is 0.597. The van der Waals surface area contributed by atoms with E-state index in [-0.39, 0.29) is 25.4 Å². The maximum atomic E-state index is 12.3. The van der Waals surface area contributed by atoms with Crippen molar-refractivity contribution >= 4 is 52.2 Å². The van der Waals surface area contributed by atoms with Crippen molar-refractivity contribution in [2.24, 2.45) is 0 Å². The average molecular weight is 350 g/mol. The number of carboxylic acids is 1. The highest BCUT2D eigenvalue weighted by Crippen LogP contribution is 2.32. The molecule has 0 spiro atoms. The topological polar surface area (TPSA) is 86.7 Å². The molecule has 6 nitrogen and oxygen atoms in total. The molecule has 0 radical (unpaired) electrons. The molecule has 0 aromatic heterocycles. The van der Waals surface area contributed by atoms with Gasteiger partial charge in [0.25, 0.3) is 5.91 Å². The van der Waals surface area contributed by atoms with E-state index in [4.69, 9.17) is 17.3 Å². The van der Waals surface area contributed by atoms with Crippen LogP contribution in [-0.4, -0.2) is 45.2 Å². The van der Waals surface area contributed by atoms with Gasteiger partial charge in [0, 0.05) is 6.54 Å². The largest absolute Gasteiger partial charge is 0.481 e. The Labute approximate surface area is 142 Å². The van der Waals surface area contributed by atoms with Gasteiger partial charge in [-0.15, -0.1) is 0 Å². The zero-order valence-corrected chi connectivity index (χ0v) is 13.7. The number of carbonyl (C=O) groups is 3. The fraction of sp³-hybridized carbons (Fsp3) is 0.200. The third-order valence-corrected chi connectivity index (χ3v) is 4.31. The van der Waals surface area contributed by atoms with Crippen LogP contribution in [0.5, 0.6) is 0 Å². The molecule has 1 aliphatic heterocycles. The lowest BCUT2D eigenvalue weighted by atomic mass is 10.2. The molecule has 0 atom stereocenters. The lowest BCUT2D eigenvalue weighted by Crippen LogP contribution is -2.40. The number of hydrogen-bond acceptors (Lipinski definition) is 5. The summed E-state index contributed by atoms with van der Waals surface area (Å²) in [7, 11) is 0. The second kappa shape index (κ2) is 7.89. The number of aliphatic carboxylic acids is 1. The van der Waals surface area contributed by atoms with Crippen LogP contribution in [-0.2, 0) is 14.4 Å². The Balaban J connectivity index is 1.97. The molecule has 23 heavy (non-hydrogen) atoms. The summed E-state index contributed by atoms with van der Waals surface area (Å²) in [6.45, 7) is -0.195. The molecule has 8 heteroatoms. The van der Waals surface area contributed by atoms with Gasteiger partial charge in [-0.2, -0.15) is 0 Å². The van der Waals surface area contributed by atoms with E-state index in [0.29, 0.717) is 9.23 Å². The Hall–Kier alpha value is -2.19. The highest BCUT2D eigenvalue weighted by Gasteiger charge is 2.33. The van der Waals surface area contributed by atoms with E-state index in [2.05, 4.69) is 5.32 Å². The highest BCUT2D eigenvalue weighted by molar-refractivity contribution is 8.26. The number of thiocarbonyl (C=S) groups is 1. The van der Waals surface area contributed by atoms with E-state index in [9.17, 15) is 14.4 Å². The zero-order chi connectivity index (χ0) is 16.8. The lowest BCUT2D eigenvalue weighted by Gasteiger charge is -2.13. The summed E-state index contributed by atoms with van der Waals surface area (Å²) in [5, 5.41) is 11.0. The molecule has 1 heterocycles. The van der Waals surface area contributed by atoms with E-state index in [0.717, 1.165) is 17.3 Å². The molecule has 1 aliphatic rings. The molecule has 1 aromatic carbocycles. The van der Waals surface area contributed by atoms with Crippen LogP contribution in [0, 0.1) is 0 Å². The SMILES string of the molecule is O=C(O)CCNC(=O)CN1C(=O)/C(=C/c2ccccc2)SC1=S. The lowest BCUT2D eigenvalue weighted by molar-refractivity contribution is -0.137. The summed E-state index contributed by atoms with van der Waals surface area (Å²) in [6, 6.07) is 9.34. The van der Waals surface area contributed by atoms with Crippen LogP contribution < -0.4 is 5.32 Å². The second-order valence-electron chi connectivity index (χ2n) is 4.67. The van der Waals surface area contributed by atoms with Gasteiger partial charge in [0.15, 0.2) is 0 Å². The first-order valence-corrected chi connectivity index (χ1v) is 7.99. The maximum absolute atomic E-state index is 12.3. The van der Waals surface area contributed by atoms with Crippen molar-refractivity contribution in [3.8, 4) is 0 Å². The third-order valence-electron chi connectivity index (χ3n) is 2.93. The van der Waals surface area contributed by atoms with Gasteiger partial charge in [0.2, 0.25) is 5.91 Å². The minimum absolute atomic E-state index is 0.0167. The summed E-state index contributed by atoms with van der Waals surface area (Å²) >= 11 is 6.28.